The lowest BCUT2D eigenvalue weighted by Crippen LogP contribution is -2.24. The smallest absolute Gasteiger partial charge is 0.121 e. The largest absolute Gasteiger partial charge is 0.384 e. The van der Waals surface area contributed by atoms with Gasteiger partial charge in [-0.15, -0.1) is 0 Å². The van der Waals surface area contributed by atoms with Crippen LogP contribution < -0.4 is 5.73 Å². The molecule has 2 heteroatoms. The minimum absolute atomic E-state index is 0.504. The molecule has 0 saturated carbocycles. The molecule has 4 rings (SSSR count). The molecule has 0 fully saturated rings. The lowest BCUT2D eigenvalue weighted by Gasteiger charge is -2.25. The Labute approximate surface area is 142 Å². The summed E-state index contributed by atoms with van der Waals surface area (Å²) in [6.07, 6.45) is 0. The fourth-order valence-electron chi connectivity index (χ4n) is 3.75. The third-order valence-electron chi connectivity index (χ3n) is 4.94. The van der Waals surface area contributed by atoms with E-state index in [4.69, 9.17) is 10.7 Å². The highest BCUT2D eigenvalue weighted by atomic mass is 14.9. The van der Waals surface area contributed by atoms with Crippen LogP contribution >= 0.6 is 0 Å². The molecule has 0 spiro atoms. The zero-order valence-corrected chi connectivity index (χ0v) is 14.0. The van der Waals surface area contributed by atoms with Crippen LogP contribution in [0, 0.1) is 0 Å². The molecule has 118 valence electrons. The Morgan fingerprint density at radius 3 is 2.46 bits per heavy atom. The monoisotopic (exact) mass is 312 g/mol. The van der Waals surface area contributed by atoms with E-state index in [0.717, 1.165) is 5.57 Å². The predicted octanol–water partition coefficient (Wildman–Crippen LogP) is 5.02. The Kier molecular flexibility index (Phi) is 3.10. The molecule has 24 heavy (non-hydrogen) atoms. The zero-order chi connectivity index (χ0) is 16.9. The fourth-order valence-corrected chi connectivity index (χ4v) is 3.75. The molecular weight excluding hydrogens is 292 g/mol. The second-order valence-electron chi connectivity index (χ2n) is 6.60. The van der Waals surface area contributed by atoms with Gasteiger partial charge in [0.05, 0.1) is 0 Å². The van der Waals surface area contributed by atoms with E-state index in [0.29, 0.717) is 5.84 Å². The van der Waals surface area contributed by atoms with Crippen molar-refractivity contribution >= 4 is 16.6 Å². The average molecular weight is 312 g/mol. The van der Waals surface area contributed by atoms with Crippen molar-refractivity contribution in [1.82, 2.24) is 0 Å². The van der Waals surface area contributed by atoms with Gasteiger partial charge in [0, 0.05) is 0 Å². The van der Waals surface area contributed by atoms with Gasteiger partial charge in [0.25, 0.3) is 0 Å². The van der Waals surface area contributed by atoms with Gasteiger partial charge >= 0.3 is 0 Å². The van der Waals surface area contributed by atoms with Gasteiger partial charge in [0.15, 0.2) is 0 Å². The maximum atomic E-state index is 6.19. The molecule has 0 radical (unpaired) electrons. The van der Waals surface area contributed by atoms with Gasteiger partial charge in [-0.2, -0.15) is 0 Å². The second-order valence-corrected chi connectivity index (χ2v) is 6.60. The van der Waals surface area contributed by atoms with Gasteiger partial charge in [0.1, 0.15) is 11.4 Å². The number of rotatable bonds is 2. The summed E-state index contributed by atoms with van der Waals surface area (Å²) in [7, 11) is 0. The number of hydrogen-bond donors (Lipinski definition) is 1. The first-order chi connectivity index (χ1) is 11.5. The van der Waals surface area contributed by atoms with Gasteiger partial charge in [-0.1, -0.05) is 67.2 Å². The number of amidine groups is 1. The maximum Gasteiger partial charge on any atom is 0.121 e. The molecule has 1 aliphatic rings. The predicted molar refractivity (Wildman–Crippen MR) is 102 cm³/mol. The molecule has 0 aliphatic heterocycles. The first-order valence-electron chi connectivity index (χ1n) is 8.15. The number of nitrogens with two attached hydrogens (primary N) is 1. The Hall–Kier alpha value is -2.87. The molecule has 0 aromatic heterocycles. The van der Waals surface area contributed by atoms with Gasteiger partial charge in [0.2, 0.25) is 0 Å². The molecule has 3 aromatic rings. The van der Waals surface area contributed by atoms with Crippen molar-refractivity contribution in [2.45, 2.75) is 19.4 Å². The van der Waals surface area contributed by atoms with Crippen LogP contribution in [0.3, 0.4) is 0 Å². The molecule has 0 heterocycles. The summed E-state index contributed by atoms with van der Waals surface area (Å²) in [6.45, 7) is 8.00. The molecule has 0 bridgehead atoms. The van der Waals surface area contributed by atoms with Crippen molar-refractivity contribution in [1.29, 1.82) is 0 Å². The summed E-state index contributed by atoms with van der Waals surface area (Å²) in [4.78, 5) is 4.94. The Bertz CT molecular complexity index is 1010. The van der Waals surface area contributed by atoms with E-state index in [1.807, 2.05) is 6.92 Å². The summed E-state index contributed by atoms with van der Waals surface area (Å²) in [5.41, 5.74) is 11.4. The molecule has 0 saturated heterocycles. The van der Waals surface area contributed by atoms with Crippen LogP contribution in [0.25, 0.3) is 21.9 Å². The quantitative estimate of drug-likeness (QED) is 0.524. The van der Waals surface area contributed by atoms with Crippen LogP contribution in [-0.4, -0.2) is 5.84 Å². The maximum absolute atomic E-state index is 6.19. The van der Waals surface area contributed by atoms with Crippen LogP contribution in [-0.2, 0) is 5.54 Å². The third kappa shape index (κ3) is 1.93. The molecule has 2 nitrogen and oxygen atoms in total. The summed E-state index contributed by atoms with van der Waals surface area (Å²) in [5, 5.41) is 2.45. The van der Waals surface area contributed by atoms with Crippen molar-refractivity contribution < 1.29 is 0 Å². The van der Waals surface area contributed by atoms with Crippen LogP contribution in [0.4, 0.5) is 0 Å². The summed E-state index contributed by atoms with van der Waals surface area (Å²) < 4.78 is 0. The van der Waals surface area contributed by atoms with Gasteiger partial charge in [-0.3, -0.25) is 4.99 Å². The molecule has 1 atom stereocenters. The van der Waals surface area contributed by atoms with Crippen molar-refractivity contribution in [3.05, 3.63) is 83.9 Å². The third-order valence-corrected chi connectivity index (χ3v) is 4.94. The number of aliphatic imine (C=N–C) groups is 1. The van der Waals surface area contributed by atoms with Crippen molar-refractivity contribution in [2.75, 3.05) is 0 Å². The van der Waals surface area contributed by atoms with Crippen LogP contribution in [0.5, 0.6) is 0 Å². The van der Waals surface area contributed by atoms with Crippen LogP contribution in [0.2, 0.25) is 0 Å². The standard InChI is InChI=1S/C22H20N2/c1-14(2)21(23)24-22(3)19-11-7-6-10-17(19)18-13-12-15-8-4-5-9-16(15)20(18)22/h4-13H,1H2,2-3H3,(H2,23,24). The first-order valence-corrected chi connectivity index (χ1v) is 8.15. The molecule has 1 unspecified atom stereocenters. The molecular formula is C22H20N2. The van der Waals surface area contributed by atoms with Crippen LogP contribution in [0.15, 0.2) is 77.8 Å². The Balaban J connectivity index is 2.14. The lowest BCUT2D eigenvalue weighted by molar-refractivity contribution is 0.629. The Morgan fingerprint density at radius 2 is 1.67 bits per heavy atom. The summed E-state index contributed by atoms with van der Waals surface area (Å²) in [6, 6.07) is 21.3. The van der Waals surface area contributed by atoms with Gasteiger partial charge < -0.3 is 5.73 Å². The molecule has 2 N–H and O–H groups in total. The lowest BCUT2D eigenvalue weighted by atomic mass is 9.87. The zero-order valence-electron chi connectivity index (χ0n) is 14.0. The first kappa shape index (κ1) is 14.7. The molecule has 0 amide bonds. The van der Waals surface area contributed by atoms with E-state index in [2.05, 4.69) is 74.2 Å². The fraction of sp³-hybridized carbons (Fsp3) is 0.136. The number of fused-ring (bicyclic) bond motifs is 5. The van der Waals surface area contributed by atoms with Crippen LogP contribution in [0.1, 0.15) is 25.0 Å². The highest BCUT2D eigenvalue weighted by molar-refractivity contribution is 6.00. The van der Waals surface area contributed by atoms with E-state index < -0.39 is 5.54 Å². The Morgan fingerprint density at radius 1 is 0.958 bits per heavy atom. The number of benzene rings is 3. The van der Waals surface area contributed by atoms with Crippen molar-refractivity contribution in [2.24, 2.45) is 10.7 Å². The second kappa shape index (κ2) is 5.07. The summed E-state index contributed by atoms with van der Waals surface area (Å²) in [5.74, 6) is 0.507. The topological polar surface area (TPSA) is 38.4 Å². The van der Waals surface area contributed by atoms with Crippen molar-refractivity contribution in [3.63, 3.8) is 0 Å². The average Bonchev–Trinajstić information content (AvgIpc) is 2.85. The number of nitrogens with zero attached hydrogens (tertiary/aromatic N) is 1. The minimum atomic E-state index is -0.504. The van der Waals surface area contributed by atoms with E-state index >= 15 is 0 Å². The molecule has 3 aromatic carbocycles. The van der Waals surface area contributed by atoms with Gasteiger partial charge in [-0.25, -0.2) is 0 Å². The highest BCUT2D eigenvalue weighted by Gasteiger charge is 2.40. The van der Waals surface area contributed by atoms with E-state index in [-0.39, 0.29) is 0 Å². The van der Waals surface area contributed by atoms with E-state index in [9.17, 15) is 0 Å². The van der Waals surface area contributed by atoms with Crippen molar-refractivity contribution in [3.8, 4) is 11.1 Å². The van der Waals surface area contributed by atoms with E-state index in [1.165, 1.54) is 33.0 Å². The summed E-state index contributed by atoms with van der Waals surface area (Å²) >= 11 is 0. The number of hydrogen-bond acceptors (Lipinski definition) is 1. The highest BCUT2D eigenvalue weighted by Crippen LogP contribution is 2.52. The SMILES string of the molecule is C=C(C)C(N)=NC1(C)c2ccccc2-c2ccc3ccccc3c21. The molecule has 1 aliphatic carbocycles. The van der Waals surface area contributed by atoms with E-state index in [1.54, 1.807) is 0 Å². The van der Waals surface area contributed by atoms with Gasteiger partial charge in [-0.05, 0) is 52.4 Å². The minimum Gasteiger partial charge on any atom is -0.384 e. The normalized spacial score (nSPS) is 19.2.